The number of hydrogen-bond donors (Lipinski definition) is 0. The normalized spacial score (nSPS) is 10.9. The number of fused-ring (bicyclic) bond motifs is 1. The van der Waals surface area contributed by atoms with Crippen LogP contribution in [0.2, 0.25) is 14.8 Å². The fraction of sp³-hybridized carbons (Fsp3) is 0.346. The molecule has 0 spiro atoms. The molecule has 8 nitrogen and oxygen atoms in total. The summed E-state index contributed by atoms with van der Waals surface area (Å²) in [6.45, 7) is 4.94. The Morgan fingerprint density at radius 3 is 2.34 bits per heavy atom. The second-order valence-corrected chi connectivity index (χ2v) is 17.7. The minimum absolute atomic E-state index is 0.538. The van der Waals surface area contributed by atoms with Crippen molar-refractivity contribution in [2.75, 3.05) is 0 Å². The molecule has 0 amide bonds. The fourth-order valence-corrected chi connectivity index (χ4v) is 3.86. The molecule has 5 rings (SSSR count). The Labute approximate surface area is 213 Å². The number of rotatable bonds is 7. The molecule has 0 saturated heterocycles. The van der Waals surface area contributed by atoms with E-state index in [0.717, 1.165) is 59.8 Å². The number of aryl methyl sites for hydroxylation is 2. The molecule has 3 heterocycles. The van der Waals surface area contributed by atoms with Gasteiger partial charge in [0.25, 0.3) is 0 Å². The molecule has 35 heavy (non-hydrogen) atoms. The van der Waals surface area contributed by atoms with Crippen molar-refractivity contribution in [2.24, 2.45) is 0 Å². The van der Waals surface area contributed by atoms with E-state index in [1.165, 1.54) is 5.56 Å². The predicted molar refractivity (Wildman–Crippen MR) is 141 cm³/mol. The first-order chi connectivity index (χ1) is 17.0. The number of hydrogen-bond acceptors (Lipinski definition) is 5. The third kappa shape index (κ3) is 6.17. The van der Waals surface area contributed by atoms with Crippen molar-refractivity contribution in [2.45, 2.75) is 54.5 Å². The second kappa shape index (κ2) is 11.6. The first-order valence-corrected chi connectivity index (χ1v) is 20.6. The molecular weight excluding hydrogens is 543 g/mol. The molecule has 0 aliphatic heterocycles. The van der Waals surface area contributed by atoms with E-state index in [1.807, 2.05) is 35.8 Å². The molecular formula is C26H32N8Sn. The third-order valence-electron chi connectivity index (χ3n) is 5.41. The van der Waals surface area contributed by atoms with Gasteiger partial charge in [-0.15, -0.1) is 0 Å². The predicted octanol–water partition coefficient (Wildman–Crippen LogP) is 5.08. The molecule has 0 N–H and O–H groups in total. The van der Waals surface area contributed by atoms with E-state index in [1.54, 1.807) is 0 Å². The van der Waals surface area contributed by atoms with Gasteiger partial charge in [0.15, 0.2) is 0 Å². The zero-order chi connectivity index (χ0) is 24.8. The van der Waals surface area contributed by atoms with Crippen LogP contribution in [0.25, 0.3) is 28.3 Å². The molecule has 0 aliphatic rings. The Kier molecular flexibility index (Phi) is 8.33. The Bertz CT molecular complexity index is 1350. The van der Waals surface area contributed by atoms with Gasteiger partial charge in [0.1, 0.15) is 5.82 Å². The number of imidazole rings is 1. The first kappa shape index (κ1) is 25.1. The summed E-state index contributed by atoms with van der Waals surface area (Å²) in [4.78, 5) is 11.8. The van der Waals surface area contributed by atoms with Crippen LogP contribution in [0.5, 0.6) is 0 Å². The van der Waals surface area contributed by atoms with Crippen LogP contribution in [0.15, 0.2) is 54.7 Å². The summed E-state index contributed by atoms with van der Waals surface area (Å²) in [5, 5.41) is 20.0. The number of aromatic nitrogens is 8. The van der Waals surface area contributed by atoms with Crippen molar-refractivity contribution in [1.82, 2.24) is 39.8 Å². The van der Waals surface area contributed by atoms with Gasteiger partial charge < -0.3 is 5.10 Å². The molecule has 0 aliphatic carbocycles. The van der Waals surface area contributed by atoms with Crippen LogP contribution in [0.3, 0.4) is 0 Å². The average Bonchev–Trinajstić information content (AvgIpc) is 3.56. The van der Waals surface area contributed by atoms with Gasteiger partial charge >= 0.3 is 34.6 Å². The summed E-state index contributed by atoms with van der Waals surface area (Å²) >= 11 is -0.543. The molecule has 0 fully saturated rings. The van der Waals surface area contributed by atoms with Gasteiger partial charge in [-0.2, -0.15) is 10.3 Å². The van der Waals surface area contributed by atoms with Crippen LogP contribution >= 0.6 is 0 Å². The van der Waals surface area contributed by atoms with Crippen LogP contribution in [0.1, 0.15) is 36.8 Å². The number of benzene rings is 2. The van der Waals surface area contributed by atoms with Crippen LogP contribution in [-0.2, 0) is 13.0 Å². The van der Waals surface area contributed by atoms with Crippen molar-refractivity contribution in [3.05, 3.63) is 71.8 Å². The number of nitrogens with zero attached hydrogens (tertiary/aromatic N) is 8. The molecule has 0 bridgehead atoms. The Morgan fingerprint density at radius 1 is 0.971 bits per heavy atom. The zero-order valence-corrected chi connectivity index (χ0v) is 24.0. The van der Waals surface area contributed by atoms with Crippen molar-refractivity contribution in [1.29, 1.82) is 0 Å². The Hall–Kier alpha value is -3.01. The van der Waals surface area contributed by atoms with Gasteiger partial charge in [0.05, 0.1) is 18.4 Å². The summed E-state index contributed by atoms with van der Waals surface area (Å²) in [7, 11) is 0. The van der Waals surface area contributed by atoms with Crippen molar-refractivity contribution in [3.8, 4) is 22.5 Å². The van der Waals surface area contributed by atoms with Crippen LogP contribution in [0, 0.1) is 6.92 Å². The Balaban J connectivity index is 0.000000672. The van der Waals surface area contributed by atoms with Crippen LogP contribution in [0.4, 0.5) is 0 Å². The van der Waals surface area contributed by atoms with Gasteiger partial charge in [0.2, 0.25) is 5.78 Å². The summed E-state index contributed by atoms with van der Waals surface area (Å²) < 4.78 is 4.12. The molecule has 2 aromatic carbocycles. The first-order valence-electron chi connectivity index (χ1n) is 12.0. The second-order valence-electron chi connectivity index (χ2n) is 9.18. The van der Waals surface area contributed by atoms with E-state index in [-0.39, 0.29) is 0 Å². The van der Waals surface area contributed by atoms with E-state index >= 15 is 0 Å². The van der Waals surface area contributed by atoms with E-state index in [4.69, 9.17) is 5.10 Å². The monoisotopic (exact) mass is 576 g/mol. The molecule has 180 valence electrons. The van der Waals surface area contributed by atoms with Gasteiger partial charge in [-0.3, -0.25) is 14.9 Å². The van der Waals surface area contributed by atoms with Crippen LogP contribution < -0.4 is 5.10 Å². The van der Waals surface area contributed by atoms with Crippen molar-refractivity contribution in [3.63, 3.8) is 0 Å². The maximum atomic E-state index is 4.76. The van der Waals surface area contributed by atoms with Gasteiger partial charge in [-0.25, -0.2) is 9.50 Å². The quantitative estimate of drug-likeness (QED) is 0.252. The molecule has 5 aromatic rings. The minimum atomic E-state index is -0.543. The molecule has 0 unspecified atom stereocenters. The third-order valence-corrected chi connectivity index (χ3v) is 5.41. The van der Waals surface area contributed by atoms with E-state index in [0.29, 0.717) is 5.82 Å². The molecule has 3 aromatic heterocycles. The van der Waals surface area contributed by atoms with E-state index in [9.17, 15) is 0 Å². The van der Waals surface area contributed by atoms with E-state index < -0.39 is 19.8 Å². The summed E-state index contributed by atoms with van der Waals surface area (Å²) in [6.07, 6.45) is 5.19. The van der Waals surface area contributed by atoms with E-state index in [2.05, 4.69) is 82.2 Å². The summed E-state index contributed by atoms with van der Waals surface area (Å²) in [5.74, 6) is 2.51. The number of tetrazole rings is 1. The average molecular weight is 575 g/mol. The fourth-order valence-electron chi connectivity index (χ4n) is 3.86. The topological polar surface area (TPSA) is 87.9 Å². The van der Waals surface area contributed by atoms with Crippen LogP contribution in [-0.4, -0.2) is 54.5 Å². The molecule has 0 saturated carbocycles. The summed E-state index contributed by atoms with van der Waals surface area (Å²) in [5.41, 5.74) is 5.26. The van der Waals surface area contributed by atoms with Gasteiger partial charge in [-0.1, -0.05) is 61.9 Å². The van der Waals surface area contributed by atoms with Gasteiger partial charge in [0, 0.05) is 12.2 Å². The standard InChI is InChI=1S/C23H23N8.3CH3.Sn/c1-3-4-9-21-27-31-14-16(2)24-23(31)30(21)15-17-10-12-18(13-11-17)19-7-5-6-8-20(19)22-25-28-29-26-22;;;;/h5-8,10-14H,3-4,9,15H2,1-2H3;3*1H3;/q-1;;;;+1. The zero-order valence-electron chi connectivity index (χ0n) is 21.1. The summed E-state index contributed by atoms with van der Waals surface area (Å²) in [6, 6.07) is 16.6. The van der Waals surface area contributed by atoms with Crippen molar-refractivity contribution < 1.29 is 0 Å². The molecule has 0 atom stereocenters. The maximum absolute atomic E-state index is 4.76. The Morgan fingerprint density at radius 2 is 1.69 bits per heavy atom. The van der Waals surface area contributed by atoms with Gasteiger partial charge in [-0.05, 0) is 35.6 Å². The number of unbranched alkanes of at least 4 members (excludes halogenated alkanes) is 1. The molecule has 9 heteroatoms. The SMILES string of the molecule is CCCCc1nn2cc(C)nc2n1Cc1ccc(-c2ccccc2-c2nnn[n-]2)cc1.[CH3][Sn+]([CH3])[CH3]. The van der Waals surface area contributed by atoms with Crippen molar-refractivity contribution >= 4 is 25.5 Å². The molecule has 0 radical (unpaired) electrons.